The van der Waals surface area contributed by atoms with Gasteiger partial charge in [0.15, 0.2) is 5.89 Å². The Kier molecular flexibility index (Phi) is 12.1. The van der Waals surface area contributed by atoms with Crippen LogP contribution in [-0.4, -0.2) is 26.6 Å². The molecule has 0 aliphatic heterocycles. The van der Waals surface area contributed by atoms with Gasteiger partial charge in [-0.3, -0.25) is 14.4 Å². The van der Waals surface area contributed by atoms with Crippen molar-refractivity contribution < 1.29 is 8.81 Å². The SMILES string of the molecule is CC(C)c1cccc(C2(C#N)CC2)n1.CC(C)c1cccc(C2(CF)CC2)n1.CC(C)c1nc(C2(C)CC2)co1.CC(C)c1nc(C2(C)CC2)cs1. The number of rotatable bonds is 9. The fraction of sp³-hybridized carbons (Fsp3) is 0.614. The molecule has 4 heterocycles. The molecule has 4 saturated carbocycles. The molecule has 4 fully saturated rings. The van der Waals surface area contributed by atoms with Crippen molar-refractivity contribution in [3.8, 4) is 6.07 Å². The van der Waals surface area contributed by atoms with E-state index in [1.807, 2.05) is 54.0 Å². The maximum atomic E-state index is 12.8. The summed E-state index contributed by atoms with van der Waals surface area (Å²) in [5, 5.41) is 12.6. The van der Waals surface area contributed by atoms with Crippen LogP contribution in [0.4, 0.5) is 4.39 Å². The first-order valence-corrected chi connectivity index (χ1v) is 20.3. The summed E-state index contributed by atoms with van der Waals surface area (Å²) in [4.78, 5) is 18.2. The van der Waals surface area contributed by atoms with Crippen LogP contribution in [0.15, 0.2) is 52.5 Å². The molecule has 4 aromatic heterocycles. The van der Waals surface area contributed by atoms with E-state index in [-0.39, 0.29) is 17.5 Å². The average Bonchev–Trinajstić information content (AvgIpc) is 4.08. The normalized spacial score (nSPS) is 19.0. The van der Waals surface area contributed by atoms with E-state index in [2.05, 4.69) is 101 Å². The standard InChI is InChI=1S/C12H16FN.C12H14N2.C10H15NO.C10H15NS/c2*1-9(2)10-4-3-5-11(14-10)12(8-13)6-7-12;2*1-7(2)9-11-8(6-12-9)10(3)4-5-10/h3-5,9H,6-8H2,1-2H3;3-5,9H,6-7H2,1-2H3;2*6-7H,4-5H2,1-3H3. The zero-order chi connectivity index (χ0) is 37.9. The number of oxazole rings is 1. The molecule has 0 spiro atoms. The Labute approximate surface area is 316 Å². The Hall–Kier alpha value is -3.44. The number of thiazole rings is 1. The van der Waals surface area contributed by atoms with Gasteiger partial charge < -0.3 is 4.42 Å². The minimum absolute atomic E-state index is 0.217. The van der Waals surface area contributed by atoms with Crippen LogP contribution in [0.5, 0.6) is 0 Å². The lowest BCUT2D eigenvalue weighted by Crippen LogP contribution is -2.12. The highest BCUT2D eigenvalue weighted by Crippen LogP contribution is 2.49. The van der Waals surface area contributed by atoms with Crippen molar-refractivity contribution in [2.75, 3.05) is 6.67 Å². The fourth-order valence-corrected chi connectivity index (χ4v) is 6.81. The molecule has 0 bridgehead atoms. The van der Waals surface area contributed by atoms with Gasteiger partial charge in [0, 0.05) is 50.5 Å². The van der Waals surface area contributed by atoms with E-state index in [1.165, 1.54) is 36.4 Å². The van der Waals surface area contributed by atoms with Gasteiger partial charge >= 0.3 is 0 Å². The highest BCUT2D eigenvalue weighted by Gasteiger charge is 2.47. The van der Waals surface area contributed by atoms with Crippen LogP contribution < -0.4 is 0 Å². The topological polar surface area (TPSA) is 88.5 Å². The predicted molar refractivity (Wildman–Crippen MR) is 210 cm³/mol. The van der Waals surface area contributed by atoms with Crippen molar-refractivity contribution >= 4 is 11.3 Å². The highest BCUT2D eigenvalue weighted by molar-refractivity contribution is 7.09. The third kappa shape index (κ3) is 9.56. The first-order valence-electron chi connectivity index (χ1n) is 19.4. The fourth-order valence-electron chi connectivity index (χ4n) is 5.81. The van der Waals surface area contributed by atoms with E-state index in [0.717, 1.165) is 60.0 Å². The molecule has 4 aromatic rings. The summed E-state index contributed by atoms with van der Waals surface area (Å²) >= 11 is 1.81. The zero-order valence-corrected chi connectivity index (χ0v) is 34.0. The van der Waals surface area contributed by atoms with Gasteiger partial charge in [-0.15, -0.1) is 11.3 Å². The van der Waals surface area contributed by atoms with E-state index < -0.39 is 0 Å². The summed E-state index contributed by atoms with van der Waals surface area (Å²) < 4.78 is 18.2. The maximum absolute atomic E-state index is 12.8. The van der Waals surface area contributed by atoms with Gasteiger partial charge in [0.25, 0.3) is 0 Å². The van der Waals surface area contributed by atoms with E-state index in [9.17, 15) is 4.39 Å². The Morgan fingerprint density at radius 3 is 1.62 bits per heavy atom. The van der Waals surface area contributed by atoms with Crippen LogP contribution in [0.1, 0.15) is 189 Å². The quantitative estimate of drug-likeness (QED) is 0.171. The van der Waals surface area contributed by atoms with Gasteiger partial charge in [-0.1, -0.05) is 81.4 Å². The lowest BCUT2D eigenvalue weighted by atomic mass is 10.0. The van der Waals surface area contributed by atoms with E-state index in [4.69, 9.17) is 9.68 Å². The van der Waals surface area contributed by atoms with E-state index in [0.29, 0.717) is 34.5 Å². The van der Waals surface area contributed by atoms with Crippen LogP contribution in [0.25, 0.3) is 0 Å². The van der Waals surface area contributed by atoms with Crippen molar-refractivity contribution in [2.24, 2.45) is 0 Å². The van der Waals surface area contributed by atoms with Crippen molar-refractivity contribution in [3.05, 3.63) is 93.1 Å². The molecule has 0 radical (unpaired) electrons. The molecule has 6 nitrogen and oxygen atoms in total. The molecular weight excluding hydrogens is 666 g/mol. The minimum atomic E-state index is -0.262. The molecule has 4 aliphatic carbocycles. The molecule has 0 unspecified atom stereocenters. The molecule has 0 saturated heterocycles. The molecule has 0 atom stereocenters. The first-order chi connectivity index (χ1) is 24.6. The lowest BCUT2D eigenvalue weighted by molar-refractivity contribution is 0.411. The summed E-state index contributed by atoms with van der Waals surface area (Å²) in [6.07, 6.45) is 10.9. The lowest BCUT2D eigenvalue weighted by Gasteiger charge is -2.12. The second kappa shape index (κ2) is 15.9. The number of aromatic nitrogens is 4. The molecule has 280 valence electrons. The van der Waals surface area contributed by atoms with Gasteiger partial charge in [0.2, 0.25) is 0 Å². The van der Waals surface area contributed by atoms with E-state index >= 15 is 0 Å². The molecule has 4 aliphatic rings. The van der Waals surface area contributed by atoms with Crippen molar-refractivity contribution in [1.82, 2.24) is 19.9 Å². The number of nitrogens with zero attached hydrogens (tertiary/aromatic N) is 5. The van der Waals surface area contributed by atoms with Gasteiger partial charge in [-0.05, 0) is 87.5 Å². The van der Waals surface area contributed by atoms with Crippen LogP contribution in [0, 0.1) is 11.3 Å². The summed E-state index contributed by atoms with van der Waals surface area (Å²) in [6, 6.07) is 14.4. The van der Waals surface area contributed by atoms with Crippen molar-refractivity contribution in [2.45, 2.75) is 166 Å². The van der Waals surface area contributed by atoms with Crippen LogP contribution in [-0.2, 0) is 21.7 Å². The minimum Gasteiger partial charge on any atom is -0.448 e. The zero-order valence-electron chi connectivity index (χ0n) is 33.2. The van der Waals surface area contributed by atoms with Crippen LogP contribution >= 0.6 is 11.3 Å². The van der Waals surface area contributed by atoms with Gasteiger partial charge in [-0.25, -0.2) is 9.97 Å². The smallest absolute Gasteiger partial charge is 0.196 e. The molecule has 0 amide bonds. The van der Waals surface area contributed by atoms with E-state index in [1.54, 1.807) is 0 Å². The number of pyridine rings is 2. The van der Waals surface area contributed by atoms with Crippen LogP contribution in [0.3, 0.4) is 0 Å². The van der Waals surface area contributed by atoms with Gasteiger partial charge in [-0.2, -0.15) is 5.26 Å². The monoisotopic (exact) mass is 725 g/mol. The maximum Gasteiger partial charge on any atom is 0.196 e. The number of nitriles is 1. The number of halogens is 1. The summed E-state index contributed by atoms with van der Waals surface area (Å²) in [7, 11) is 0. The summed E-state index contributed by atoms with van der Waals surface area (Å²) in [5.74, 6) is 2.72. The molecule has 8 rings (SSSR count). The molecule has 52 heavy (non-hydrogen) atoms. The number of alkyl halides is 1. The number of hydrogen-bond acceptors (Lipinski definition) is 7. The summed E-state index contributed by atoms with van der Waals surface area (Å²) in [6.45, 7) is 21.4. The van der Waals surface area contributed by atoms with Crippen LogP contribution in [0.2, 0.25) is 0 Å². The van der Waals surface area contributed by atoms with Crippen molar-refractivity contribution in [1.29, 1.82) is 5.26 Å². The Morgan fingerprint density at radius 2 is 1.21 bits per heavy atom. The second-order valence-corrected chi connectivity index (χ2v) is 18.3. The third-order valence-corrected chi connectivity index (χ3v) is 12.2. The third-order valence-electron chi connectivity index (χ3n) is 11.1. The Balaban J connectivity index is 0.000000134. The average molecular weight is 726 g/mol. The first kappa shape index (κ1) is 39.8. The molecular formula is C44H60FN5OS. The number of hydrogen-bond donors (Lipinski definition) is 0. The van der Waals surface area contributed by atoms with Gasteiger partial charge in [0.1, 0.15) is 12.9 Å². The molecule has 0 N–H and O–H groups in total. The predicted octanol–water partition coefficient (Wildman–Crippen LogP) is 12.1. The summed E-state index contributed by atoms with van der Waals surface area (Å²) in [5.41, 5.74) is 6.88. The second-order valence-electron chi connectivity index (χ2n) is 17.4. The Bertz CT molecular complexity index is 1760. The highest BCUT2D eigenvalue weighted by atomic mass is 32.1. The largest absolute Gasteiger partial charge is 0.448 e. The van der Waals surface area contributed by atoms with Gasteiger partial charge in [0.05, 0.1) is 33.6 Å². The molecule has 0 aromatic carbocycles. The van der Waals surface area contributed by atoms with Crippen molar-refractivity contribution in [3.63, 3.8) is 0 Å². The Morgan fingerprint density at radius 1 is 0.673 bits per heavy atom. The molecule has 8 heteroatoms.